The molecule has 0 saturated carbocycles. The number of nitrogens with one attached hydrogen (secondary N) is 3. The first-order chi connectivity index (χ1) is 16.6. The molecule has 0 spiro atoms. The Morgan fingerprint density at radius 2 is 1.62 bits per heavy atom. The molecule has 34 heavy (non-hydrogen) atoms. The SMILES string of the molecule is CCOC(=O)CCN1CCN(Cc2ccc(NC3NCC(c4ccc(C)cc4)CN3)cc2)CC1. The Hall–Kier alpha value is -2.45. The Bertz CT molecular complexity index is 886. The van der Waals surface area contributed by atoms with E-state index in [1.807, 2.05) is 6.92 Å². The zero-order valence-electron chi connectivity index (χ0n) is 20.6. The largest absolute Gasteiger partial charge is 0.466 e. The first-order valence-corrected chi connectivity index (χ1v) is 12.6. The normalized spacial score (nSPS) is 21.8. The van der Waals surface area contributed by atoms with E-state index in [4.69, 9.17) is 4.74 Å². The van der Waals surface area contributed by atoms with Crippen LogP contribution in [0.25, 0.3) is 0 Å². The molecule has 7 nitrogen and oxygen atoms in total. The first-order valence-electron chi connectivity index (χ1n) is 12.6. The van der Waals surface area contributed by atoms with Gasteiger partial charge >= 0.3 is 5.97 Å². The van der Waals surface area contributed by atoms with Crippen molar-refractivity contribution in [2.75, 3.05) is 57.7 Å². The maximum Gasteiger partial charge on any atom is 0.307 e. The maximum absolute atomic E-state index is 11.6. The summed E-state index contributed by atoms with van der Waals surface area (Å²) >= 11 is 0. The molecule has 0 atom stereocenters. The van der Waals surface area contributed by atoms with Crippen LogP contribution in [-0.4, -0.2) is 74.5 Å². The molecule has 2 aromatic rings. The van der Waals surface area contributed by atoms with Gasteiger partial charge in [0.15, 0.2) is 0 Å². The van der Waals surface area contributed by atoms with Crippen LogP contribution >= 0.6 is 0 Å². The fourth-order valence-corrected chi connectivity index (χ4v) is 4.63. The van der Waals surface area contributed by atoms with Crippen LogP contribution in [0.1, 0.15) is 36.0 Å². The van der Waals surface area contributed by atoms with Crippen molar-refractivity contribution in [3.63, 3.8) is 0 Å². The summed E-state index contributed by atoms with van der Waals surface area (Å²) < 4.78 is 5.03. The van der Waals surface area contributed by atoms with Crippen LogP contribution in [0.15, 0.2) is 48.5 Å². The fraction of sp³-hybridized carbons (Fsp3) is 0.519. The first kappa shape index (κ1) is 24.7. The number of ether oxygens (including phenoxy) is 1. The molecule has 0 aromatic heterocycles. The van der Waals surface area contributed by atoms with Crippen molar-refractivity contribution in [1.82, 2.24) is 20.4 Å². The Labute approximate surface area is 203 Å². The Morgan fingerprint density at radius 1 is 0.971 bits per heavy atom. The predicted molar refractivity (Wildman–Crippen MR) is 137 cm³/mol. The minimum Gasteiger partial charge on any atom is -0.466 e. The molecule has 4 rings (SSSR count). The zero-order valence-corrected chi connectivity index (χ0v) is 20.6. The molecule has 0 unspecified atom stereocenters. The van der Waals surface area contributed by atoms with Crippen LogP contribution in [0.3, 0.4) is 0 Å². The molecular weight excluding hydrogens is 426 g/mol. The topological polar surface area (TPSA) is 68.9 Å². The summed E-state index contributed by atoms with van der Waals surface area (Å²) in [6.07, 6.45) is 0.565. The zero-order chi connectivity index (χ0) is 23.8. The van der Waals surface area contributed by atoms with Crippen molar-refractivity contribution >= 4 is 11.7 Å². The molecule has 184 valence electrons. The van der Waals surface area contributed by atoms with Gasteiger partial charge in [-0.3, -0.25) is 20.3 Å². The van der Waals surface area contributed by atoms with Gasteiger partial charge in [-0.25, -0.2) is 0 Å². The minimum atomic E-state index is -0.0941. The monoisotopic (exact) mass is 465 g/mol. The van der Waals surface area contributed by atoms with Crippen molar-refractivity contribution < 1.29 is 9.53 Å². The van der Waals surface area contributed by atoms with Crippen molar-refractivity contribution in [3.8, 4) is 0 Å². The van der Waals surface area contributed by atoms with Crippen molar-refractivity contribution in [2.45, 2.75) is 39.0 Å². The number of rotatable bonds is 9. The summed E-state index contributed by atoms with van der Waals surface area (Å²) in [6.45, 7) is 12.2. The van der Waals surface area contributed by atoms with Gasteiger partial charge < -0.3 is 15.0 Å². The van der Waals surface area contributed by atoms with E-state index in [0.29, 0.717) is 18.9 Å². The number of benzene rings is 2. The molecule has 2 heterocycles. The van der Waals surface area contributed by atoms with E-state index in [1.54, 1.807) is 0 Å². The highest BCUT2D eigenvalue weighted by atomic mass is 16.5. The van der Waals surface area contributed by atoms with Gasteiger partial charge in [0, 0.05) is 64.0 Å². The van der Waals surface area contributed by atoms with E-state index >= 15 is 0 Å². The van der Waals surface area contributed by atoms with Gasteiger partial charge in [0.25, 0.3) is 0 Å². The van der Waals surface area contributed by atoms with E-state index in [9.17, 15) is 4.79 Å². The Kier molecular flexibility index (Phi) is 8.93. The lowest BCUT2D eigenvalue weighted by Gasteiger charge is -2.34. The highest BCUT2D eigenvalue weighted by Crippen LogP contribution is 2.19. The highest BCUT2D eigenvalue weighted by Gasteiger charge is 2.21. The number of carbonyl (C=O) groups is 1. The molecule has 0 aliphatic carbocycles. The maximum atomic E-state index is 11.6. The quantitative estimate of drug-likeness (QED) is 0.492. The van der Waals surface area contributed by atoms with Gasteiger partial charge in [0.1, 0.15) is 6.29 Å². The summed E-state index contributed by atoms with van der Waals surface area (Å²) in [6, 6.07) is 17.6. The second kappa shape index (κ2) is 12.3. The van der Waals surface area contributed by atoms with Gasteiger partial charge in [-0.1, -0.05) is 42.0 Å². The number of aryl methyl sites for hydroxylation is 1. The molecule has 3 N–H and O–H groups in total. The molecule has 2 aliphatic rings. The van der Waals surface area contributed by atoms with Gasteiger partial charge in [-0.15, -0.1) is 0 Å². The van der Waals surface area contributed by atoms with Gasteiger partial charge in [0.05, 0.1) is 13.0 Å². The average Bonchev–Trinajstić information content (AvgIpc) is 2.86. The lowest BCUT2D eigenvalue weighted by Crippen LogP contribution is -2.55. The van der Waals surface area contributed by atoms with Crippen molar-refractivity contribution in [1.29, 1.82) is 0 Å². The third-order valence-electron chi connectivity index (χ3n) is 6.76. The molecule has 0 amide bonds. The second-order valence-electron chi connectivity index (χ2n) is 9.37. The van der Waals surface area contributed by atoms with Crippen molar-refractivity contribution in [2.24, 2.45) is 0 Å². The van der Waals surface area contributed by atoms with Gasteiger partial charge in [-0.05, 0) is 37.1 Å². The lowest BCUT2D eigenvalue weighted by atomic mass is 9.97. The third kappa shape index (κ3) is 7.27. The smallest absolute Gasteiger partial charge is 0.307 e. The van der Waals surface area contributed by atoms with Crippen LogP contribution in [0, 0.1) is 6.92 Å². The summed E-state index contributed by atoms with van der Waals surface area (Å²) in [5.74, 6) is 0.398. The number of hydrogen-bond acceptors (Lipinski definition) is 7. The van der Waals surface area contributed by atoms with Gasteiger partial charge in [-0.2, -0.15) is 0 Å². The Morgan fingerprint density at radius 3 is 2.26 bits per heavy atom. The lowest BCUT2D eigenvalue weighted by molar-refractivity contribution is -0.143. The molecule has 2 fully saturated rings. The summed E-state index contributed by atoms with van der Waals surface area (Å²) in [4.78, 5) is 16.4. The molecule has 2 aromatic carbocycles. The van der Waals surface area contributed by atoms with Crippen LogP contribution in [-0.2, 0) is 16.1 Å². The third-order valence-corrected chi connectivity index (χ3v) is 6.76. The van der Waals surface area contributed by atoms with E-state index in [0.717, 1.165) is 58.0 Å². The van der Waals surface area contributed by atoms with E-state index in [-0.39, 0.29) is 12.3 Å². The van der Waals surface area contributed by atoms with Gasteiger partial charge in [0.2, 0.25) is 0 Å². The molecule has 2 saturated heterocycles. The van der Waals surface area contributed by atoms with E-state index in [1.165, 1.54) is 16.7 Å². The molecular formula is C27H39N5O2. The number of anilines is 1. The minimum absolute atomic E-state index is 0.0789. The summed E-state index contributed by atoms with van der Waals surface area (Å²) in [5.41, 5.74) is 5.13. The number of carbonyl (C=O) groups excluding carboxylic acids is 1. The predicted octanol–water partition coefficient (Wildman–Crippen LogP) is 2.74. The van der Waals surface area contributed by atoms with E-state index in [2.05, 4.69) is 81.2 Å². The number of hydrogen-bond donors (Lipinski definition) is 3. The van der Waals surface area contributed by atoms with Crippen LogP contribution in [0.5, 0.6) is 0 Å². The number of piperazine rings is 1. The van der Waals surface area contributed by atoms with Crippen LogP contribution in [0.4, 0.5) is 5.69 Å². The molecule has 0 radical (unpaired) electrons. The van der Waals surface area contributed by atoms with Crippen LogP contribution < -0.4 is 16.0 Å². The summed E-state index contributed by atoms with van der Waals surface area (Å²) in [7, 11) is 0. The molecule has 7 heteroatoms. The highest BCUT2D eigenvalue weighted by molar-refractivity contribution is 5.69. The Balaban J connectivity index is 1.16. The van der Waals surface area contributed by atoms with Crippen LogP contribution in [0.2, 0.25) is 0 Å². The molecule has 0 bridgehead atoms. The number of nitrogens with zero attached hydrogens (tertiary/aromatic N) is 2. The molecule has 2 aliphatic heterocycles. The van der Waals surface area contributed by atoms with E-state index < -0.39 is 0 Å². The average molecular weight is 466 g/mol. The number of esters is 1. The van der Waals surface area contributed by atoms with Crippen molar-refractivity contribution in [3.05, 3.63) is 65.2 Å². The second-order valence-corrected chi connectivity index (χ2v) is 9.37. The summed E-state index contributed by atoms with van der Waals surface area (Å²) in [5, 5.41) is 10.7. The fourth-order valence-electron chi connectivity index (χ4n) is 4.63. The standard InChI is InChI=1S/C27H39N5O2/c1-3-34-26(33)12-13-31-14-16-32(17-15-31)20-22-6-10-25(11-7-22)30-27-28-18-24(19-29-27)23-8-4-21(2)5-9-23/h4-11,24,27-30H,3,12-20H2,1-2H3.